The Hall–Kier alpha value is -1.64. The predicted molar refractivity (Wildman–Crippen MR) is 85.6 cm³/mol. The summed E-state index contributed by atoms with van der Waals surface area (Å²) < 4.78 is 0. The lowest BCUT2D eigenvalue weighted by Gasteiger charge is -2.17. The van der Waals surface area contributed by atoms with E-state index in [1.165, 1.54) is 27.8 Å². The van der Waals surface area contributed by atoms with E-state index in [1.807, 2.05) is 0 Å². The number of aryl methyl sites for hydroxylation is 3. The number of hydrogen-bond acceptors (Lipinski definition) is 2. The highest BCUT2D eigenvalue weighted by atomic mass is 15.2. The average molecular weight is 268 g/mol. The lowest BCUT2D eigenvalue weighted by Crippen LogP contribution is -2.38. The Kier molecular flexibility index (Phi) is 4.94. The molecule has 0 aliphatic heterocycles. The Balaban J connectivity index is 2.07. The first-order chi connectivity index (χ1) is 9.58. The van der Waals surface area contributed by atoms with Crippen LogP contribution >= 0.6 is 0 Å². The van der Waals surface area contributed by atoms with Crippen LogP contribution in [0, 0.1) is 20.8 Å². The summed E-state index contributed by atoms with van der Waals surface area (Å²) in [4.78, 5) is 0. The van der Waals surface area contributed by atoms with Gasteiger partial charge in [0, 0.05) is 6.04 Å². The van der Waals surface area contributed by atoms with Gasteiger partial charge in [0.1, 0.15) is 0 Å². The summed E-state index contributed by atoms with van der Waals surface area (Å²) in [5.74, 6) is 5.72. The fourth-order valence-corrected chi connectivity index (χ4v) is 2.53. The molecule has 0 aromatic heterocycles. The maximum Gasteiger partial charge on any atom is 0.0291 e. The van der Waals surface area contributed by atoms with Crippen molar-refractivity contribution in [2.75, 3.05) is 0 Å². The highest BCUT2D eigenvalue weighted by molar-refractivity contribution is 5.31. The molecule has 3 N–H and O–H groups in total. The van der Waals surface area contributed by atoms with Crippen molar-refractivity contribution in [1.82, 2.24) is 5.43 Å². The molecule has 20 heavy (non-hydrogen) atoms. The molecule has 0 radical (unpaired) electrons. The molecule has 2 rings (SSSR count). The molecule has 0 amide bonds. The van der Waals surface area contributed by atoms with Crippen LogP contribution in [0.2, 0.25) is 0 Å². The van der Waals surface area contributed by atoms with E-state index in [0.717, 1.165) is 12.8 Å². The van der Waals surface area contributed by atoms with Crippen LogP contribution in [-0.2, 0) is 12.8 Å². The molecule has 2 aromatic rings. The zero-order valence-corrected chi connectivity index (χ0v) is 12.6. The van der Waals surface area contributed by atoms with Crippen LogP contribution in [0.3, 0.4) is 0 Å². The smallest absolute Gasteiger partial charge is 0.0291 e. The number of hydrogen-bond donors (Lipinski definition) is 2. The highest BCUT2D eigenvalue weighted by Crippen LogP contribution is 2.14. The van der Waals surface area contributed by atoms with E-state index in [9.17, 15) is 0 Å². The van der Waals surface area contributed by atoms with E-state index in [1.54, 1.807) is 0 Å². The summed E-state index contributed by atoms with van der Waals surface area (Å²) in [6.07, 6.45) is 1.90. The van der Waals surface area contributed by atoms with Crippen LogP contribution in [0.1, 0.15) is 27.8 Å². The van der Waals surface area contributed by atoms with Crippen molar-refractivity contribution in [1.29, 1.82) is 0 Å². The van der Waals surface area contributed by atoms with Crippen molar-refractivity contribution < 1.29 is 0 Å². The van der Waals surface area contributed by atoms with Crippen molar-refractivity contribution in [3.8, 4) is 0 Å². The zero-order chi connectivity index (χ0) is 14.5. The Labute approximate surface area is 122 Å². The van der Waals surface area contributed by atoms with Crippen LogP contribution in [-0.4, -0.2) is 6.04 Å². The number of rotatable bonds is 5. The van der Waals surface area contributed by atoms with Crippen LogP contribution in [0.25, 0.3) is 0 Å². The SMILES string of the molecule is Cc1cccc(CC(Cc2ccc(C)c(C)c2)NN)c1. The molecule has 1 atom stereocenters. The molecule has 0 aliphatic rings. The summed E-state index contributed by atoms with van der Waals surface area (Å²) in [5.41, 5.74) is 9.59. The van der Waals surface area contributed by atoms with Gasteiger partial charge in [-0.05, 0) is 55.9 Å². The normalized spacial score (nSPS) is 12.4. The zero-order valence-electron chi connectivity index (χ0n) is 12.6. The van der Waals surface area contributed by atoms with Gasteiger partial charge in [-0.2, -0.15) is 0 Å². The first-order valence-electron chi connectivity index (χ1n) is 7.16. The third-order valence-electron chi connectivity index (χ3n) is 3.85. The van der Waals surface area contributed by atoms with Gasteiger partial charge in [-0.1, -0.05) is 48.0 Å². The second-order valence-electron chi connectivity index (χ2n) is 5.68. The lowest BCUT2D eigenvalue weighted by molar-refractivity contribution is 0.522. The third kappa shape index (κ3) is 3.92. The van der Waals surface area contributed by atoms with Crippen LogP contribution in [0.15, 0.2) is 42.5 Å². The van der Waals surface area contributed by atoms with Gasteiger partial charge < -0.3 is 0 Å². The Bertz CT molecular complexity index is 575. The van der Waals surface area contributed by atoms with Gasteiger partial charge >= 0.3 is 0 Å². The van der Waals surface area contributed by atoms with E-state index in [2.05, 4.69) is 68.7 Å². The molecule has 106 valence electrons. The summed E-state index contributed by atoms with van der Waals surface area (Å²) in [6.45, 7) is 6.42. The minimum atomic E-state index is 0.263. The largest absolute Gasteiger partial charge is 0.271 e. The molecule has 0 fully saturated rings. The van der Waals surface area contributed by atoms with Gasteiger partial charge in [-0.25, -0.2) is 0 Å². The maximum atomic E-state index is 5.72. The van der Waals surface area contributed by atoms with Crippen molar-refractivity contribution in [3.05, 3.63) is 70.3 Å². The third-order valence-corrected chi connectivity index (χ3v) is 3.85. The number of hydrazine groups is 1. The predicted octanol–water partition coefficient (Wildman–Crippen LogP) is 3.23. The topological polar surface area (TPSA) is 38.0 Å². The molecular formula is C18H24N2. The summed E-state index contributed by atoms with van der Waals surface area (Å²) in [6, 6.07) is 15.5. The summed E-state index contributed by atoms with van der Waals surface area (Å²) >= 11 is 0. The molecule has 2 aromatic carbocycles. The van der Waals surface area contributed by atoms with Gasteiger partial charge in [0.15, 0.2) is 0 Å². The molecule has 0 aliphatic carbocycles. The molecule has 0 bridgehead atoms. The van der Waals surface area contributed by atoms with Crippen LogP contribution in [0.5, 0.6) is 0 Å². The molecule has 2 heteroatoms. The van der Waals surface area contributed by atoms with E-state index in [4.69, 9.17) is 5.84 Å². The number of nitrogens with two attached hydrogens (primary N) is 1. The number of nitrogens with one attached hydrogen (secondary N) is 1. The molecule has 0 saturated heterocycles. The van der Waals surface area contributed by atoms with E-state index in [0.29, 0.717) is 0 Å². The highest BCUT2D eigenvalue weighted by Gasteiger charge is 2.09. The fraction of sp³-hybridized carbons (Fsp3) is 0.333. The second kappa shape index (κ2) is 6.69. The molecule has 0 heterocycles. The van der Waals surface area contributed by atoms with Gasteiger partial charge in [-0.3, -0.25) is 11.3 Å². The lowest BCUT2D eigenvalue weighted by atomic mass is 9.96. The quantitative estimate of drug-likeness (QED) is 0.645. The first kappa shape index (κ1) is 14.8. The number of benzene rings is 2. The monoisotopic (exact) mass is 268 g/mol. The van der Waals surface area contributed by atoms with Crippen molar-refractivity contribution in [2.24, 2.45) is 5.84 Å². The van der Waals surface area contributed by atoms with Crippen molar-refractivity contribution in [2.45, 2.75) is 39.7 Å². The van der Waals surface area contributed by atoms with E-state index < -0.39 is 0 Å². The Morgan fingerprint density at radius 2 is 1.60 bits per heavy atom. The van der Waals surface area contributed by atoms with Crippen LogP contribution in [0.4, 0.5) is 0 Å². The molecule has 0 spiro atoms. The molecule has 1 unspecified atom stereocenters. The molecule has 0 saturated carbocycles. The first-order valence-corrected chi connectivity index (χ1v) is 7.16. The summed E-state index contributed by atoms with van der Waals surface area (Å²) in [5, 5.41) is 0. The summed E-state index contributed by atoms with van der Waals surface area (Å²) in [7, 11) is 0. The van der Waals surface area contributed by atoms with E-state index >= 15 is 0 Å². The van der Waals surface area contributed by atoms with Crippen molar-refractivity contribution >= 4 is 0 Å². The van der Waals surface area contributed by atoms with Crippen LogP contribution < -0.4 is 11.3 Å². The molecule has 2 nitrogen and oxygen atoms in total. The van der Waals surface area contributed by atoms with E-state index in [-0.39, 0.29) is 6.04 Å². The van der Waals surface area contributed by atoms with Gasteiger partial charge in [0.25, 0.3) is 0 Å². The van der Waals surface area contributed by atoms with Gasteiger partial charge in [0.2, 0.25) is 0 Å². The standard InChI is InChI=1S/C18H24N2/c1-13-5-4-6-16(9-13)11-18(20-19)12-17-8-7-14(2)15(3)10-17/h4-10,18,20H,11-12,19H2,1-3H3. The minimum absolute atomic E-state index is 0.263. The fourth-order valence-electron chi connectivity index (χ4n) is 2.53. The maximum absolute atomic E-state index is 5.72. The molecular weight excluding hydrogens is 244 g/mol. The second-order valence-corrected chi connectivity index (χ2v) is 5.68. The Morgan fingerprint density at radius 1 is 0.900 bits per heavy atom. The average Bonchev–Trinajstić information content (AvgIpc) is 2.42. The Morgan fingerprint density at radius 3 is 2.20 bits per heavy atom. The van der Waals surface area contributed by atoms with Gasteiger partial charge in [-0.15, -0.1) is 0 Å². The van der Waals surface area contributed by atoms with Crippen molar-refractivity contribution in [3.63, 3.8) is 0 Å². The van der Waals surface area contributed by atoms with Gasteiger partial charge in [0.05, 0.1) is 0 Å². The minimum Gasteiger partial charge on any atom is -0.271 e.